The summed E-state index contributed by atoms with van der Waals surface area (Å²) in [6.45, 7) is 6.74. The molecule has 0 unspecified atom stereocenters. The quantitative estimate of drug-likeness (QED) is 0.922. The lowest BCUT2D eigenvalue weighted by Crippen LogP contribution is -2.32. The monoisotopic (exact) mass is 302 g/mol. The zero-order chi connectivity index (χ0) is 15.4. The second-order valence-electron chi connectivity index (χ2n) is 7.27. The smallest absolute Gasteiger partial charge is 0.119 e. The van der Waals surface area contributed by atoms with Crippen LogP contribution in [0.1, 0.15) is 44.2 Å². The molecule has 0 bridgehead atoms. The lowest BCUT2D eigenvalue weighted by Gasteiger charge is -2.29. The molecule has 2 atom stereocenters. The van der Waals surface area contributed by atoms with Crippen molar-refractivity contribution in [1.29, 1.82) is 0 Å². The highest BCUT2D eigenvalue weighted by atomic mass is 16.5. The van der Waals surface area contributed by atoms with Gasteiger partial charge in [0, 0.05) is 6.04 Å². The molecule has 122 valence electrons. The molecule has 2 aliphatic rings. The van der Waals surface area contributed by atoms with E-state index in [0.717, 1.165) is 30.7 Å². The van der Waals surface area contributed by atoms with Gasteiger partial charge in [0.2, 0.25) is 0 Å². The first-order valence-corrected chi connectivity index (χ1v) is 8.85. The minimum atomic E-state index is 0.527. The van der Waals surface area contributed by atoms with E-state index in [1.165, 1.54) is 44.3 Å². The van der Waals surface area contributed by atoms with Crippen LogP contribution in [0, 0.1) is 11.8 Å². The molecule has 3 nitrogen and oxygen atoms in total. The summed E-state index contributed by atoms with van der Waals surface area (Å²) < 4.78 is 6.00. The van der Waals surface area contributed by atoms with E-state index in [2.05, 4.69) is 48.5 Å². The Morgan fingerprint density at radius 1 is 1.09 bits per heavy atom. The molecular formula is C19H30N2O. The lowest BCUT2D eigenvalue weighted by atomic mass is 9.92. The Labute approximate surface area is 135 Å². The fraction of sp³-hybridized carbons (Fsp3) is 0.684. The summed E-state index contributed by atoms with van der Waals surface area (Å²) in [6, 6.07) is 9.28. The molecule has 0 saturated carbocycles. The van der Waals surface area contributed by atoms with E-state index in [1.807, 2.05) is 0 Å². The molecule has 3 heteroatoms. The van der Waals surface area contributed by atoms with Gasteiger partial charge in [-0.05, 0) is 81.9 Å². The van der Waals surface area contributed by atoms with Crippen LogP contribution in [0.15, 0.2) is 24.3 Å². The molecule has 2 aliphatic heterocycles. The van der Waals surface area contributed by atoms with Crippen LogP contribution in [0.4, 0.5) is 0 Å². The SMILES string of the molecule is C[C@H]1CC[C@H](c2ccc(OCC3CCN(C)CC3)cc2)NC1. The number of nitrogens with one attached hydrogen (secondary N) is 1. The number of likely N-dealkylation sites (tertiary alicyclic amines) is 1. The van der Waals surface area contributed by atoms with E-state index in [1.54, 1.807) is 0 Å². The van der Waals surface area contributed by atoms with Crippen LogP contribution in [0.5, 0.6) is 5.75 Å². The van der Waals surface area contributed by atoms with Gasteiger partial charge in [0.25, 0.3) is 0 Å². The third kappa shape index (κ3) is 4.23. The predicted octanol–water partition coefficient (Wildman–Crippen LogP) is 3.47. The number of rotatable bonds is 4. The van der Waals surface area contributed by atoms with Crippen molar-refractivity contribution >= 4 is 0 Å². The zero-order valence-corrected chi connectivity index (χ0v) is 14.1. The number of piperidine rings is 2. The maximum Gasteiger partial charge on any atom is 0.119 e. The highest BCUT2D eigenvalue weighted by Gasteiger charge is 2.19. The highest BCUT2D eigenvalue weighted by Crippen LogP contribution is 2.27. The van der Waals surface area contributed by atoms with Crippen LogP contribution in [-0.4, -0.2) is 38.2 Å². The van der Waals surface area contributed by atoms with E-state index >= 15 is 0 Å². The molecule has 1 aromatic carbocycles. The lowest BCUT2D eigenvalue weighted by molar-refractivity contribution is 0.160. The normalized spacial score (nSPS) is 27.7. The third-order valence-corrected chi connectivity index (χ3v) is 5.27. The average molecular weight is 302 g/mol. The van der Waals surface area contributed by atoms with Crippen LogP contribution in [-0.2, 0) is 0 Å². The maximum atomic E-state index is 6.00. The first-order valence-electron chi connectivity index (χ1n) is 8.85. The Kier molecular flexibility index (Phi) is 5.37. The van der Waals surface area contributed by atoms with Gasteiger partial charge >= 0.3 is 0 Å². The van der Waals surface area contributed by atoms with Crippen molar-refractivity contribution in [3.63, 3.8) is 0 Å². The number of hydrogen-bond donors (Lipinski definition) is 1. The van der Waals surface area contributed by atoms with Gasteiger partial charge in [0.05, 0.1) is 6.61 Å². The standard InChI is InChI=1S/C19H30N2O/c1-15-3-8-19(20-13-15)17-4-6-18(7-5-17)22-14-16-9-11-21(2)12-10-16/h4-7,15-16,19-20H,3,8-14H2,1-2H3/t15-,19+/m0/s1. The fourth-order valence-electron chi connectivity index (χ4n) is 3.52. The summed E-state index contributed by atoms with van der Waals surface area (Å²) in [4.78, 5) is 2.41. The minimum Gasteiger partial charge on any atom is -0.493 e. The first kappa shape index (κ1) is 15.8. The van der Waals surface area contributed by atoms with Gasteiger partial charge in [0.1, 0.15) is 5.75 Å². The second kappa shape index (κ2) is 7.47. The molecule has 0 aliphatic carbocycles. The Hall–Kier alpha value is -1.06. The molecular weight excluding hydrogens is 272 g/mol. The van der Waals surface area contributed by atoms with E-state index < -0.39 is 0 Å². The number of hydrogen-bond acceptors (Lipinski definition) is 3. The second-order valence-corrected chi connectivity index (χ2v) is 7.27. The Morgan fingerprint density at radius 3 is 2.45 bits per heavy atom. The molecule has 1 aromatic rings. The van der Waals surface area contributed by atoms with Crippen molar-refractivity contribution in [3.8, 4) is 5.75 Å². The van der Waals surface area contributed by atoms with Crippen LogP contribution >= 0.6 is 0 Å². The van der Waals surface area contributed by atoms with Crippen LogP contribution in [0.3, 0.4) is 0 Å². The van der Waals surface area contributed by atoms with Crippen molar-refractivity contribution in [1.82, 2.24) is 10.2 Å². The van der Waals surface area contributed by atoms with Crippen LogP contribution < -0.4 is 10.1 Å². The van der Waals surface area contributed by atoms with Crippen LogP contribution in [0.25, 0.3) is 0 Å². The van der Waals surface area contributed by atoms with Crippen molar-refractivity contribution in [2.45, 2.75) is 38.6 Å². The van der Waals surface area contributed by atoms with Gasteiger partial charge < -0.3 is 15.0 Å². The van der Waals surface area contributed by atoms with E-state index in [0.29, 0.717) is 6.04 Å². The van der Waals surface area contributed by atoms with Gasteiger partial charge in [-0.15, -0.1) is 0 Å². The molecule has 3 rings (SSSR count). The van der Waals surface area contributed by atoms with Gasteiger partial charge in [-0.2, -0.15) is 0 Å². The minimum absolute atomic E-state index is 0.527. The van der Waals surface area contributed by atoms with Gasteiger partial charge in [-0.1, -0.05) is 19.1 Å². The van der Waals surface area contributed by atoms with Crippen molar-refractivity contribution in [3.05, 3.63) is 29.8 Å². The first-order chi connectivity index (χ1) is 10.7. The molecule has 2 fully saturated rings. The van der Waals surface area contributed by atoms with Crippen LogP contribution in [0.2, 0.25) is 0 Å². The van der Waals surface area contributed by atoms with Crippen molar-refractivity contribution < 1.29 is 4.74 Å². The van der Waals surface area contributed by atoms with Gasteiger partial charge in [-0.25, -0.2) is 0 Å². The molecule has 2 saturated heterocycles. The van der Waals surface area contributed by atoms with Gasteiger partial charge in [-0.3, -0.25) is 0 Å². The fourth-order valence-corrected chi connectivity index (χ4v) is 3.52. The predicted molar refractivity (Wildman–Crippen MR) is 91.3 cm³/mol. The third-order valence-electron chi connectivity index (χ3n) is 5.27. The molecule has 0 radical (unpaired) electrons. The number of ether oxygens (including phenoxy) is 1. The van der Waals surface area contributed by atoms with Gasteiger partial charge in [0.15, 0.2) is 0 Å². The Bertz CT molecular complexity index is 443. The van der Waals surface area contributed by atoms with E-state index in [9.17, 15) is 0 Å². The Morgan fingerprint density at radius 2 is 1.82 bits per heavy atom. The molecule has 1 N–H and O–H groups in total. The highest BCUT2D eigenvalue weighted by molar-refractivity contribution is 5.29. The summed E-state index contributed by atoms with van der Waals surface area (Å²) in [6.07, 6.45) is 5.10. The summed E-state index contributed by atoms with van der Waals surface area (Å²) in [5, 5.41) is 3.65. The largest absolute Gasteiger partial charge is 0.493 e. The molecule has 2 heterocycles. The molecule has 22 heavy (non-hydrogen) atoms. The molecule has 0 spiro atoms. The summed E-state index contributed by atoms with van der Waals surface area (Å²) in [5.41, 5.74) is 1.40. The summed E-state index contributed by atoms with van der Waals surface area (Å²) >= 11 is 0. The molecule has 0 amide bonds. The van der Waals surface area contributed by atoms with Crippen molar-refractivity contribution in [2.24, 2.45) is 11.8 Å². The summed E-state index contributed by atoms with van der Waals surface area (Å²) in [5.74, 6) is 2.55. The Balaban J connectivity index is 1.47. The average Bonchev–Trinajstić information content (AvgIpc) is 2.56. The van der Waals surface area contributed by atoms with E-state index in [4.69, 9.17) is 4.74 Å². The van der Waals surface area contributed by atoms with Crippen molar-refractivity contribution in [2.75, 3.05) is 33.3 Å². The van der Waals surface area contributed by atoms with E-state index in [-0.39, 0.29) is 0 Å². The number of nitrogens with zero attached hydrogens (tertiary/aromatic N) is 1. The summed E-state index contributed by atoms with van der Waals surface area (Å²) in [7, 11) is 2.20. The topological polar surface area (TPSA) is 24.5 Å². The molecule has 0 aromatic heterocycles. The maximum absolute atomic E-state index is 6.00. The zero-order valence-electron chi connectivity index (χ0n) is 14.1. The number of benzene rings is 1.